The predicted molar refractivity (Wildman–Crippen MR) is 112 cm³/mol. The molecule has 2 rings (SSSR count). The summed E-state index contributed by atoms with van der Waals surface area (Å²) in [5, 5.41) is 6.60. The second-order valence-electron chi connectivity index (χ2n) is 6.85. The summed E-state index contributed by atoms with van der Waals surface area (Å²) in [4.78, 5) is 23.0. The molecule has 1 aromatic heterocycles. The summed E-state index contributed by atoms with van der Waals surface area (Å²) in [7, 11) is 0. The molecular formula is C20H34N6O2. The molecular weight excluding hydrogens is 356 g/mol. The van der Waals surface area contributed by atoms with Gasteiger partial charge < -0.3 is 26.0 Å². The van der Waals surface area contributed by atoms with E-state index in [1.165, 1.54) is 0 Å². The number of primary amides is 1. The highest BCUT2D eigenvalue weighted by molar-refractivity contribution is 5.80. The minimum Gasteiger partial charge on any atom is -0.382 e. The molecule has 0 aromatic carbocycles. The van der Waals surface area contributed by atoms with Gasteiger partial charge in [-0.15, -0.1) is 0 Å². The van der Waals surface area contributed by atoms with Gasteiger partial charge in [0, 0.05) is 51.2 Å². The summed E-state index contributed by atoms with van der Waals surface area (Å²) >= 11 is 0. The zero-order valence-electron chi connectivity index (χ0n) is 17.1. The number of hydrogen-bond acceptors (Lipinski definition) is 5. The van der Waals surface area contributed by atoms with Crippen LogP contribution < -0.4 is 21.3 Å². The highest BCUT2D eigenvalue weighted by Crippen LogP contribution is 2.24. The molecule has 0 saturated carbocycles. The van der Waals surface area contributed by atoms with E-state index in [-0.39, 0.29) is 11.8 Å². The molecule has 0 radical (unpaired) electrons. The van der Waals surface area contributed by atoms with E-state index in [0.29, 0.717) is 13.1 Å². The van der Waals surface area contributed by atoms with Gasteiger partial charge in [0.25, 0.3) is 0 Å². The van der Waals surface area contributed by atoms with Gasteiger partial charge >= 0.3 is 0 Å². The van der Waals surface area contributed by atoms with Crippen molar-refractivity contribution in [2.24, 2.45) is 16.6 Å². The molecule has 0 spiro atoms. The Bertz CT molecular complexity index is 637. The van der Waals surface area contributed by atoms with E-state index in [4.69, 9.17) is 15.5 Å². The van der Waals surface area contributed by atoms with Crippen LogP contribution >= 0.6 is 0 Å². The van der Waals surface area contributed by atoms with Crippen LogP contribution in [0.15, 0.2) is 23.3 Å². The molecule has 0 bridgehead atoms. The fraction of sp³-hybridized carbons (Fsp3) is 0.650. The van der Waals surface area contributed by atoms with Crippen molar-refractivity contribution >= 4 is 17.7 Å². The Labute approximate surface area is 167 Å². The molecule has 1 saturated heterocycles. The second-order valence-corrected chi connectivity index (χ2v) is 6.85. The molecule has 1 unspecified atom stereocenters. The summed E-state index contributed by atoms with van der Waals surface area (Å²) in [5.74, 6) is 1.33. The summed E-state index contributed by atoms with van der Waals surface area (Å²) in [6.45, 7) is 9.15. The van der Waals surface area contributed by atoms with Crippen molar-refractivity contribution < 1.29 is 9.53 Å². The van der Waals surface area contributed by atoms with E-state index in [1.54, 1.807) is 6.20 Å². The highest BCUT2D eigenvalue weighted by atomic mass is 16.5. The first-order chi connectivity index (χ1) is 13.7. The van der Waals surface area contributed by atoms with Gasteiger partial charge in [-0.3, -0.25) is 4.79 Å². The number of amides is 1. The Morgan fingerprint density at radius 2 is 2.29 bits per heavy atom. The quantitative estimate of drug-likeness (QED) is 0.316. The van der Waals surface area contributed by atoms with E-state index >= 15 is 0 Å². The molecule has 1 aliphatic heterocycles. The maximum Gasteiger partial charge on any atom is 0.222 e. The fourth-order valence-electron chi connectivity index (χ4n) is 3.27. The van der Waals surface area contributed by atoms with Crippen LogP contribution in [0.3, 0.4) is 0 Å². The van der Waals surface area contributed by atoms with Crippen LogP contribution in [0, 0.1) is 5.92 Å². The van der Waals surface area contributed by atoms with Gasteiger partial charge in [0.15, 0.2) is 5.96 Å². The Hall–Kier alpha value is -2.35. The number of carbonyl (C=O) groups excluding carboxylic acids is 1. The van der Waals surface area contributed by atoms with Crippen molar-refractivity contribution in [1.82, 2.24) is 15.6 Å². The van der Waals surface area contributed by atoms with E-state index in [2.05, 4.69) is 20.5 Å². The number of rotatable bonds is 10. The smallest absolute Gasteiger partial charge is 0.222 e. The molecule has 0 aliphatic carbocycles. The van der Waals surface area contributed by atoms with E-state index < -0.39 is 0 Å². The van der Waals surface area contributed by atoms with Crippen molar-refractivity contribution in [2.45, 2.75) is 39.7 Å². The van der Waals surface area contributed by atoms with Gasteiger partial charge in [-0.25, -0.2) is 9.98 Å². The zero-order valence-corrected chi connectivity index (χ0v) is 17.1. The monoisotopic (exact) mass is 390 g/mol. The second kappa shape index (κ2) is 12.2. The number of nitrogens with one attached hydrogen (secondary N) is 2. The Morgan fingerprint density at radius 1 is 1.43 bits per heavy atom. The number of ether oxygens (including phenoxy) is 1. The van der Waals surface area contributed by atoms with Crippen molar-refractivity contribution in [1.29, 1.82) is 0 Å². The SMILES string of the molecule is CCNC(=NCc1cccnc1N1CCCC(C(N)=O)C1)NCCCOCC. The normalized spacial score (nSPS) is 17.4. The highest BCUT2D eigenvalue weighted by Gasteiger charge is 2.25. The van der Waals surface area contributed by atoms with Crippen LogP contribution in [0.25, 0.3) is 0 Å². The third kappa shape index (κ3) is 6.99. The largest absolute Gasteiger partial charge is 0.382 e. The van der Waals surface area contributed by atoms with Crippen LogP contribution in [-0.4, -0.2) is 56.2 Å². The lowest BCUT2D eigenvalue weighted by Crippen LogP contribution is -2.42. The lowest BCUT2D eigenvalue weighted by molar-refractivity contribution is -0.122. The average molecular weight is 391 g/mol. The van der Waals surface area contributed by atoms with Gasteiger partial charge in [-0.05, 0) is 39.2 Å². The summed E-state index contributed by atoms with van der Waals surface area (Å²) < 4.78 is 5.37. The standard InChI is InChI=1S/C20H34N6O2/c1-3-22-20(24-11-7-13-28-4-2)25-14-16-8-5-10-23-19(16)26-12-6-9-17(15-26)18(21)27/h5,8,10,17H,3-4,6-7,9,11-15H2,1-2H3,(H2,21,27)(H2,22,24,25). The number of nitrogens with two attached hydrogens (primary N) is 1. The summed E-state index contributed by atoms with van der Waals surface area (Å²) in [6, 6.07) is 3.96. The molecule has 1 aliphatic rings. The lowest BCUT2D eigenvalue weighted by Gasteiger charge is -2.33. The van der Waals surface area contributed by atoms with Crippen molar-refractivity contribution in [2.75, 3.05) is 44.3 Å². The first-order valence-corrected chi connectivity index (χ1v) is 10.2. The number of piperidine rings is 1. The number of aliphatic imine (C=N–C) groups is 1. The fourth-order valence-corrected chi connectivity index (χ4v) is 3.27. The number of aromatic nitrogens is 1. The maximum atomic E-state index is 11.6. The van der Waals surface area contributed by atoms with Crippen LogP contribution in [0.5, 0.6) is 0 Å². The molecule has 4 N–H and O–H groups in total. The predicted octanol–water partition coefficient (Wildman–Crippen LogP) is 1.27. The van der Waals surface area contributed by atoms with E-state index in [9.17, 15) is 4.79 Å². The minimum atomic E-state index is -0.231. The minimum absolute atomic E-state index is 0.114. The van der Waals surface area contributed by atoms with E-state index in [0.717, 1.165) is 69.5 Å². The lowest BCUT2D eigenvalue weighted by atomic mass is 9.97. The number of carbonyl (C=O) groups is 1. The van der Waals surface area contributed by atoms with Crippen LogP contribution in [-0.2, 0) is 16.1 Å². The van der Waals surface area contributed by atoms with Gasteiger partial charge in [-0.2, -0.15) is 0 Å². The molecule has 28 heavy (non-hydrogen) atoms. The summed E-state index contributed by atoms with van der Waals surface area (Å²) in [5.41, 5.74) is 6.56. The van der Waals surface area contributed by atoms with Crippen LogP contribution in [0.2, 0.25) is 0 Å². The average Bonchev–Trinajstić information content (AvgIpc) is 2.72. The number of pyridine rings is 1. The molecule has 1 aromatic rings. The summed E-state index contributed by atoms with van der Waals surface area (Å²) in [6.07, 6.45) is 4.51. The number of guanidine groups is 1. The Kier molecular flexibility index (Phi) is 9.54. The number of anilines is 1. The van der Waals surface area contributed by atoms with Crippen molar-refractivity contribution in [3.8, 4) is 0 Å². The molecule has 8 nitrogen and oxygen atoms in total. The first kappa shape index (κ1) is 21.9. The number of nitrogens with zero attached hydrogens (tertiary/aromatic N) is 3. The Morgan fingerprint density at radius 3 is 3.04 bits per heavy atom. The van der Waals surface area contributed by atoms with Gasteiger partial charge in [0.05, 0.1) is 12.5 Å². The Balaban J connectivity index is 2.01. The van der Waals surface area contributed by atoms with Crippen LogP contribution in [0.1, 0.15) is 38.7 Å². The van der Waals surface area contributed by atoms with Gasteiger partial charge in [0.1, 0.15) is 5.82 Å². The first-order valence-electron chi connectivity index (χ1n) is 10.2. The maximum absolute atomic E-state index is 11.6. The van der Waals surface area contributed by atoms with Crippen LogP contribution in [0.4, 0.5) is 5.82 Å². The number of hydrogen-bond donors (Lipinski definition) is 3. The molecule has 2 heterocycles. The van der Waals surface area contributed by atoms with Crippen molar-refractivity contribution in [3.63, 3.8) is 0 Å². The third-order valence-electron chi connectivity index (χ3n) is 4.70. The molecule has 1 fully saturated rings. The zero-order chi connectivity index (χ0) is 20.2. The molecule has 8 heteroatoms. The molecule has 1 amide bonds. The van der Waals surface area contributed by atoms with Gasteiger partial charge in [0.2, 0.25) is 5.91 Å². The molecule has 156 valence electrons. The van der Waals surface area contributed by atoms with Crippen molar-refractivity contribution in [3.05, 3.63) is 23.9 Å². The molecule has 1 atom stereocenters. The third-order valence-corrected chi connectivity index (χ3v) is 4.70. The van der Waals surface area contributed by atoms with Gasteiger partial charge in [-0.1, -0.05) is 6.07 Å². The van der Waals surface area contributed by atoms with E-state index in [1.807, 2.05) is 26.0 Å². The topological polar surface area (TPSA) is 105 Å².